The van der Waals surface area contributed by atoms with Gasteiger partial charge in [0.05, 0.1) is 0 Å². The highest BCUT2D eigenvalue weighted by Gasteiger charge is 2.16. The number of halogens is 1. The smallest absolute Gasteiger partial charge is 0.0394 e. The molecule has 0 saturated carbocycles. The van der Waals surface area contributed by atoms with Gasteiger partial charge in [0.15, 0.2) is 0 Å². The standard InChI is InChI=1S/C20H23N.ClH/c1-21(2)15-7-12-20-18-10-5-3-8-16(18)13-14-17-9-4-6-11-19(17)20;/h3-6,8-12H,7,13-15H2,1-2H3;1H/i1D3;. The summed E-state index contributed by atoms with van der Waals surface area (Å²) in [4.78, 5) is 1.43. The molecule has 1 aliphatic carbocycles. The number of hydrogen-bond acceptors (Lipinski definition) is 1. The van der Waals surface area contributed by atoms with E-state index < -0.39 is 6.98 Å². The molecule has 1 nitrogen and oxygen atoms in total. The molecule has 0 radical (unpaired) electrons. The van der Waals surface area contributed by atoms with Gasteiger partial charge in [0.2, 0.25) is 0 Å². The first-order valence-electron chi connectivity index (χ1n) is 9.05. The van der Waals surface area contributed by atoms with Crippen LogP contribution in [0.3, 0.4) is 0 Å². The minimum Gasteiger partial charge on any atom is -0.309 e. The Balaban J connectivity index is 0.00000225. The number of hydrogen-bond donors (Lipinski definition) is 0. The average Bonchev–Trinajstić information content (AvgIpc) is 2.72. The third-order valence-electron chi connectivity index (χ3n) is 4.09. The van der Waals surface area contributed by atoms with Crippen LogP contribution in [0.1, 0.15) is 32.8 Å². The zero-order valence-corrected chi connectivity index (χ0v) is 13.7. The normalized spacial score (nSPS) is 15.5. The molecular weight excluding hydrogens is 290 g/mol. The summed E-state index contributed by atoms with van der Waals surface area (Å²) in [5.74, 6) is 0. The lowest BCUT2D eigenvalue weighted by molar-refractivity contribution is 0.417. The monoisotopic (exact) mass is 316 g/mol. The topological polar surface area (TPSA) is 3.24 Å². The fraction of sp³-hybridized carbons (Fsp3) is 0.300. The van der Waals surface area contributed by atoms with Crippen molar-refractivity contribution in [1.82, 2.24) is 4.90 Å². The lowest BCUT2D eigenvalue weighted by Crippen LogP contribution is -2.12. The van der Waals surface area contributed by atoms with Crippen LogP contribution in [0.5, 0.6) is 0 Å². The van der Waals surface area contributed by atoms with Crippen molar-refractivity contribution in [3.63, 3.8) is 0 Å². The van der Waals surface area contributed by atoms with E-state index in [1.54, 1.807) is 7.05 Å². The Kier molecular flexibility index (Phi) is 4.48. The van der Waals surface area contributed by atoms with Gasteiger partial charge in [-0.25, -0.2) is 0 Å². The van der Waals surface area contributed by atoms with Gasteiger partial charge < -0.3 is 4.90 Å². The van der Waals surface area contributed by atoms with E-state index in [0.29, 0.717) is 13.0 Å². The molecule has 1 aliphatic rings. The van der Waals surface area contributed by atoms with Crippen LogP contribution in [-0.2, 0) is 12.8 Å². The highest BCUT2D eigenvalue weighted by atomic mass is 35.5. The predicted octanol–water partition coefficient (Wildman–Crippen LogP) is 4.59. The van der Waals surface area contributed by atoms with Crippen LogP contribution >= 0.6 is 12.4 Å². The average molecular weight is 317 g/mol. The Morgan fingerprint density at radius 2 is 1.55 bits per heavy atom. The summed E-state index contributed by atoms with van der Waals surface area (Å²) in [5, 5.41) is 0. The Bertz CT molecular complexity index is 703. The lowest BCUT2D eigenvalue weighted by Gasteiger charge is -2.13. The van der Waals surface area contributed by atoms with Gasteiger partial charge in [-0.15, -0.1) is 12.4 Å². The van der Waals surface area contributed by atoms with Crippen molar-refractivity contribution >= 4 is 18.0 Å². The third-order valence-corrected chi connectivity index (χ3v) is 4.09. The summed E-state index contributed by atoms with van der Waals surface area (Å²) < 4.78 is 22.4. The minimum absolute atomic E-state index is 0. The summed E-state index contributed by atoms with van der Waals surface area (Å²) in [6.07, 6.45) is 5.00. The summed E-state index contributed by atoms with van der Waals surface area (Å²) in [5.41, 5.74) is 6.52. The number of fused-ring (bicyclic) bond motifs is 2. The van der Waals surface area contributed by atoms with Crippen molar-refractivity contribution in [2.24, 2.45) is 0 Å². The lowest BCUT2D eigenvalue weighted by atomic mass is 9.93. The molecule has 22 heavy (non-hydrogen) atoms. The molecule has 0 amide bonds. The second-order valence-corrected chi connectivity index (χ2v) is 5.64. The summed E-state index contributed by atoms with van der Waals surface area (Å²) in [6.45, 7) is -1.51. The maximum absolute atomic E-state index is 7.47. The first kappa shape index (κ1) is 12.9. The zero-order chi connectivity index (χ0) is 17.2. The summed E-state index contributed by atoms with van der Waals surface area (Å²) >= 11 is 0. The van der Waals surface area contributed by atoms with Crippen LogP contribution in [-0.4, -0.2) is 25.5 Å². The molecule has 0 aliphatic heterocycles. The molecule has 0 N–H and O–H groups in total. The van der Waals surface area contributed by atoms with Gasteiger partial charge in [-0.3, -0.25) is 0 Å². The van der Waals surface area contributed by atoms with E-state index in [-0.39, 0.29) is 12.4 Å². The molecule has 2 heteroatoms. The van der Waals surface area contributed by atoms with Crippen molar-refractivity contribution in [3.05, 3.63) is 76.9 Å². The molecule has 0 bridgehead atoms. The molecule has 0 fully saturated rings. The molecule has 2 aromatic carbocycles. The van der Waals surface area contributed by atoms with Gasteiger partial charge in [0.1, 0.15) is 0 Å². The molecule has 3 rings (SSSR count). The highest BCUT2D eigenvalue weighted by molar-refractivity contribution is 5.85. The second kappa shape index (κ2) is 7.62. The highest BCUT2D eigenvalue weighted by Crippen LogP contribution is 2.33. The van der Waals surface area contributed by atoms with Gasteiger partial charge in [0, 0.05) is 10.7 Å². The Morgan fingerprint density at radius 3 is 2.09 bits per heavy atom. The number of aryl methyl sites for hydroxylation is 2. The Hall–Kier alpha value is -1.57. The van der Waals surface area contributed by atoms with Crippen molar-refractivity contribution in [1.29, 1.82) is 0 Å². The van der Waals surface area contributed by atoms with Gasteiger partial charge in [0.25, 0.3) is 0 Å². The first-order valence-corrected chi connectivity index (χ1v) is 7.55. The quantitative estimate of drug-likeness (QED) is 0.800. The van der Waals surface area contributed by atoms with Crippen LogP contribution in [0.2, 0.25) is 0 Å². The van der Waals surface area contributed by atoms with Gasteiger partial charge >= 0.3 is 0 Å². The predicted molar refractivity (Wildman–Crippen MR) is 97.8 cm³/mol. The van der Waals surface area contributed by atoms with Crippen LogP contribution in [0, 0.1) is 0 Å². The molecule has 0 saturated heterocycles. The molecule has 0 unspecified atom stereocenters. The third kappa shape index (κ3) is 3.60. The fourth-order valence-electron chi connectivity index (χ4n) is 3.04. The van der Waals surface area contributed by atoms with Crippen molar-refractivity contribution in [2.45, 2.75) is 19.3 Å². The van der Waals surface area contributed by atoms with Crippen LogP contribution in [0.15, 0.2) is 54.6 Å². The van der Waals surface area contributed by atoms with Crippen molar-refractivity contribution in [3.8, 4) is 0 Å². The first-order chi connectivity index (χ1) is 11.5. The largest absolute Gasteiger partial charge is 0.309 e. The summed E-state index contributed by atoms with van der Waals surface area (Å²) in [7, 11) is 1.65. The van der Waals surface area contributed by atoms with Gasteiger partial charge in [-0.1, -0.05) is 54.6 Å². The van der Waals surface area contributed by atoms with E-state index in [0.717, 1.165) is 12.8 Å². The van der Waals surface area contributed by atoms with E-state index in [2.05, 4.69) is 54.6 Å². The number of benzene rings is 2. The molecule has 0 atom stereocenters. The van der Waals surface area contributed by atoms with Gasteiger partial charge in [-0.2, -0.15) is 0 Å². The zero-order valence-electron chi connectivity index (χ0n) is 15.9. The van der Waals surface area contributed by atoms with Crippen LogP contribution in [0.4, 0.5) is 0 Å². The summed E-state index contributed by atoms with van der Waals surface area (Å²) in [6, 6.07) is 17.1. The molecular formula is C20H24ClN. The van der Waals surface area contributed by atoms with E-state index in [1.807, 2.05) is 0 Å². The fourth-order valence-corrected chi connectivity index (χ4v) is 3.04. The number of nitrogens with zero attached hydrogens (tertiary/aromatic N) is 1. The second-order valence-electron chi connectivity index (χ2n) is 5.64. The minimum atomic E-state index is -2.03. The molecule has 2 aromatic rings. The Morgan fingerprint density at radius 1 is 1.00 bits per heavy atom. The molecule has 0 aromatic heterocycles. The maximum atomic E-state index is 7.47. The molecule has 116 valence electrons. The van der Waals surface area contributed by atoms with Crippen LogP contribution < -0.4 is 0 Å². The van der Waals surface area contributed by atoms with Crippen LogP contribution in [0.25, 0.3) is 5.57 Å². The molecule has 0 heterocycles. The van der Waals surface area contributed by atoms with E-state index in [1.165, 1.54) is 32.7 Å². The van der Waals surface area contributed by atoms with E-state index in [4.69, 9.17) is 4.11 Å². The Labute approximate surface area is 144 Å². The number of rotatable bonds is 3. The van der Waals surface area contributed by atoms with E-state index >= 15 is 0 Å². The van der Waals surface area contributed by atoms with Gasteiger partial charge in [-0.05, 0) is 61.1 Å². The van der Waals surface area contributed by atoms with E-state index in [9.17, 15) is 0 Å². The maximum Gasteiger partial charge on any atom is 0.0394 e. The van der Waals surface area contributed by atoms with Crippen molar-refractivity contribution in [2.75, 3.05) is 20.6 Å². The SMILES string of the molecule is Cl.[2H]C([2H])([2H])N(C)CCC=C1c2ccccc2CCc2ccccc21. The molecule has 0 spiro atoms. The van der Waals surface area contributed by atoms with Crippen molar-refractivity contribution < 1.29 is 4.11 Å².